The molecule has 0 saturated heterocycles. The summed E-state index contributed by atoms with van der Waals surface area (Å²) in [6, 6.07) is 0. The van der Waals surface area contributed by atoms with Gasteiger partial charge in [0.05, 0.1) is 9.40 Å². The first kappa shape index (κ1) is 14.2. The Morgan fingerprint density at radius 2 is 2.21 bits per heavy atom. The van der Waals surface area contributed by atoms with Crippen LogP contribution in [0.5, 0.6) is 0 Å². The van der Waals surface area contributed by atoms with E-state index in [1.807, 2.05) is 0 Å². The number of hydrogen-bond donors (Lipinski definition) is 1. The molecule has 1 N–H and O–H groups in total. The van der Waals surface area contributed by atoms with Crippen molar-refractivity contribution >= 4 is 27.3 Å². The largest absolute Gasteiger partial charge is 0.378 e. The summed E-state index contributed by atoms with van der Waals surface area (Å²) in [6.45, 7) is 3.05. The predicted octanol–water partition coefficient (Wildman–Crippen LogP) is 3.99. The molecule has 0 aliphatic heterocycles. The third-order valence-corrected chi connectivity index (χ3v) is 4.51. The number of pyridine rings is 1. The molecule has 0 amide bonds. The van der Waals surface area contributed by atoms with E-state index in [-0.39, 0.29) is 5.69 Å². The molecule has 2 rings (SSSR count). The van der Waals surface area contributed by atoms with Crippen LogP contribution >= 0.6 is 15.9 Å². The molecule has 2 atom stereocenters. The topological polar surface area (TPSA) is 68.1 Å². The number of nitrogens with zero attached hydrogens (tertiary/aromatic N) is 2. The first-order chi connectivity index (χ1) is 9.09. The van der Waals surface area contributed by atoms with Crippen LogP contribution in [0.4, 0.5) is 11.4 Å². The zero-order valence-corrected chi connectivity index (χ0v) is 12.5. The molecule has 1 aliphatic rings. The standard InChI is InChI=1S/C13H18BrN3O2/c1-9-4-2-3-5-10(9)6-16-13-11(14)7-15-8-12(13)17(18)19/h7-10H,2-6H2,1H3,(H,15,16). The van der Waals surface area contributed by atoms with Crippen molar-refractivity contribution in [1.29, 1.82) is 0 Å². The summed E-state index contributed by atoms with van der Waals surface area (Å²) >= 11 is 3.33. The average molecular weight is 328 g/mol. The maximum absolute atomic E-state index is 11.0. The highest BCUT2D eigenvalue weighted by Crippen LogP contribution is 2.34. The summed E-state index contributed by atoms with van der Waals surface area (Å²) in [5.74, 6) is 1.27. The second-order valence-corrected chi connectivity index (χ2v) is 6.03. The van der Waals surface area contributed by atoms with Gasteiger partial charge in [-0.3, -0.25) is 15.1 Å². The van der Waals surface area contributed by atoms with Crippen LogP contribution in [0.3, 0.4) is 0 Å². The molecule has 1 heterocycles. The van der Waals surface area contributed by atoms with Gasteiger partial charge in [-0.25, -0.2) is 0 Å². The Morgan fingerprint density at radius 1 is 1.47 bits per heavy atom. The minimum Gasteiger partial charge on any atom is -0.378 e. The quantitative estimate of drug-likeness (QED) is 0.670. The van der Waals surface area contributed by atoms with Crippen molar-refractivity contribution in [1.82, 2.24) is 4.98 Å². The van der Waals surface area contributed by atoms with Crippen LogP contribution in [-0.4, -0.2) is 16.5 Å². The Hall–Kier alpha value is -1.17. The number of hydrogen-bond acceptors (Lipinski definition) is 4. The molecule has 1 aromatic rings. The summed E-state index contributed by atoms with van der Waals surface area (Å²) in [7, 11) is 0. The van der Waals surface area contributed by atoms with Crippen LogP contribution in [0, 0.1) is 22.0 Å². The number of halogens is 1. The van der Waals surface area contributed by atoms with Gasteiger partial charge in [-0.15, -0.1) is 0 Å². The minimum absolute atomic E-state index is 0.0258. The zero-order valence-electron chi connectivity index (χ0n) is 10.9. The number of nitrogens with one attached hydrogen (secondary N) is 1. The van der Waals surface area contributed by atoms with Crippen molar-refractivity contribution in [3.05, 3.63) is 27.0 Å². The van der Waals surface area contributed by atoms with E-state index in [1.165, 1.54) is 31.9 Å². The molecule has 0 bridgehead atoms. The Labute approximate surface area is 121 Å². The Bertz CT molecular complexity index is 467. The number of nitro groups is 1. The fraction of sp³-hybridized carbons (Fsp3) is 0.615. The molecule has 0 radical (unpaired) electrons. The van der Waals surface area contributed by atoms with E-state index in [2.05, 4.69) is 33.2 Å². The Morgan fingerprint density at radius 3 is 2.89 bits per heavy atom. The van der Waals surface area contributed by atoms with E-state index in [1.54, 1.807) is 6.20 Å². The van der Waals surface area contributed by atoms with Crippen LogP contribution in [0.25, 0.3) is 0 Å². The molecule has 19 heavy (non-hydrogen) atoms. The van der Waals surface area contributed by atoms with Crippen LogP contribution in [0.1, 0.15) is 32.6 Å². The normalized spacial score (nSPS) is 23.1. The first-order valence-corrected chi connectivity index (χ1v) is 7.40. The van der Waals surface area contributed by atoms with Crippen LogP contribution < -0.4 is 5.32 Å². The van der Waals surface area contributed by atoms with E-state index in [0.29, 0.717) is 22.0 Å². The van der Waals surface area contributed by atoms with E-state index >= 15 is 0 Å². The average Bonchev–Trinajstić information content (AvgIpc) is 2.38. The van der Waals surface area contributed by atoms with Gasteiger partial charge >= 0.3 is 5.69 Å². The number of anilines is 1. The lowest BCUT2D eigenvalue weighted by Crippen LogP contribution is -2.24. The van der Waals surface area contributed by atoms with Gasteiger partial charge in [0.1, 0.15) is 11.9 Å². The van der Waals surface area contributed by atoms with Gasteiger partial charge in [0.25, 0.3) is 0 Å². The van der Waals surface area contributed by atoms with E-state index in [4.69, 9.17) is 0 Å². The van der Waals surface area contributed by atoms with Crippen LogP contribution in [-0.2, 0) is 0 Å². The van der Waals surface area contributed by atoms with Crippen molar-refractivity contribution in [3.63, 3.8) is 0 Å². The van der Waals surface area contributed by atoms with Crippen molar-refractivity contribution in [2.45, 2.75) is 32.6 Å². The minimum atomic E-state index is -0.398. The fourth-order valence-corrected chi connectivity index (χ4v) is 3.13. The monoisotopic (exact) mass is 327 g/mol. The maximum atomic E-state index is 11.0. The van der Waals surface area contributed by atoms with Gasteiger partial charge < -0.3 is 5.32 Å². The highest BCUT2D eigenvalue weighted by Gasteiger charge is 2.23. The summed E-state index contributed by atoms with van der Waals surface area (Å²) in [5.41, 5.74) is 0.565. The SMILES string of the molecule is CC1CCCCC1CNc1c(Br)cncc1[N+](=O)[O-]. The molecule has 1 saturated carbocycles. The predicted molar refractivity (Wildman–Crippen MR) is 78.2 cm³/mol. The van der Waals surface area contributed by atoms with Gasteiger partial charge in [0.2, 0.25) is 0 Å². The lowest BCUT2D eigenvalue weighted by atomic mass is 9.80. The molecule has 6 heteroatoms. The lowest BCUT2D eigenvalue weighted by Gasteiger charge is -2.29. The molecule has 2 unspecified atom stereocenters. The molecule has 1 aliphatic carbocycles. The third kappa shape index (κ3) is 3.43. The first-order valence-electron chi connectivity index (χ1n) is 6.61. The summed E-state index contributed by atoms with van der Waals surface area (Å²) in [6.07, 6.45) is 7.89. The molecule has 1 fully saturated rings. The summed E-state index contributed by atoms with van der Waals surface area (Å²) < 4.78 is 0.644. The van der Waals surface area contributed by atoms with Crippen molar-refractivity contribution in [2.75, 3.05) is 11.9 Å². The lowest BCUT2D eigenvalue weighted by molar-refractivity contribution is -0.384. The number of aromatic nitrogens is 1. The van der Waals surface area contributed by atoms with E-state index < -0.39 is 4.92 Å². The van der Waals surface area contributed by atoms with Crippen LogP contribution in [0.2, 0.25) is 0 Å². The second-order valence-electron chi connectivity index (χ2n) is 5.18. The molecule has 0 spiro atoms. The molecule has 0 aromatic carbocycles. The Kier molecular flexibility index (Phi) is 4.74. The van der Waals surface area contributed by atoms with Gasteiger partial charge in [-0.05, 0) is 34.2 Å². The van der Waals surface area contributed by atoms with Crippen molar-refractivity contribution in [3.8, 4) is 0 Å². The fourth-order valence-electron chi connectivity index (χ4n) is 2.67. The van der Waals surface area contributed by atoms with Crippen LogP contribution in [0.15, 0.2) is 16.9 Å². The van der Waals surface area contributed by atoms with Gasteiger partial charge in [0.15, 0.2) is 0 Å². The summed E-state index contributed by atoms with van der Waals surface area (Å²) in [4.78, 5) is 14.4. The van der Waals surface area contributed by atoms with Gasteiger partial charge in [-0.2, -0.15) is 0 Å². The molecule has 1 aromatic heterocycles. The molecular formula is C13H18BrN3O2. The highest BCUT2D eigenvalue weighted by atomic mass is 79.9. The zero-order chi connectivity index (χ0) is 13.8. The maximum Gasteiger partial charge on any atom is 0.311 e. The van der Waals surface area contributed by atoms with E-state index in [9.17, 15) is 10.1 Å². The Balaban J connectivity index is 2.08. The van der Waals surface area contributed by atoms with Crippen molar-refractivity contribution in [2.24, 2.45) is 11.8 Å². The number of rotatable bonds is 4. The van der Waals surface area contributed by atoms with Crippen molar-refractivity contribution < 1.29 is 4.92 Å². The molecular weight excluding hydrogens is 310 g/mol. The highest BCUT2D eigenvalue weighted by molar-refractivity contribution is 9.10. The smallest absolute Gasteiger partial charge is 0.311 e. The second kappa shape index (κ2) is 6.32. The van der Waals surface area contributed by atoms with Gasteiger partial charge in [0, 0.05) is 12.7 Å². The molecule has 104 valence electrons. The van der Waals surface area contributed by atoms with E-state index in [0.717, 1.165) is 6.54 Å². The summed E-state index contributed by atoms with van der Waals surface area (Å²) in [5, 5.41) is 14.2. The van der Waals surface area contributed by atoms with Gasteiger partial charge in [-0.1, -0.05) is 26.2 Å². The third-order valence-electron chi connectivity index (χ3n) is 3.91. The molecule has 5 nitrogen and oxygen atoms in total.